The maximum absolute atomic E-state index is 12.6. The van der Waals surface area contributed by atoms with Gasteiger partial charge in [0.15, 0.2) is 0 Å². The second kappa shape index (κ2) is 4.61. The summed E-state index contributed by atoms with van der Waals surface area (Å²) >= 11 is 0. The first-order chi connectivity index (χ1) is 8.43. The molecule has 1 N–H and O–H groups in total. The van der Waals surface area contributed by atoms with E-state index in [1.807, 2.05) is 0 Å². The number of esters is 1. The van der Waals surface area contributed by atoms with Crippen LogP contribution in [0.2, 0.25) is 0 Å². The fourth-order valence-corrected chi connectivity index (χ4v) is 1.98. The average molecular weight is 259 g/mol. The molecule has 0 amide bonds. The number of nitrogens with one attached hydrogen (secondary N) is 1. The van der Waals surface area contributed by atoms with Crippen LogP contribution in [0.15, 0.2) is 24.3 Å². The molecule has 0 radical (unpaired) electrons. The quantitative estimate of drug-likeness (QED) is 0.827. The van der Waals surface area contributed by atoms with E-state index in [9.17, 15) is 18.0 Å². The van der Waals surface area contributed by atoms with Crippen molar-refractivity contribution in [3.63, 3.8) is 0 Å². The molecule has 2 atom stereocenters. The molecule has 1 aromatic carbocycles. The van der Waals surface area contributed by atoms with E-state index < -0.39 is 29.7 Å². The van der Waals surface area contributed by atoms with E-state index in [4.69, 9.17) is 0 Å². The van der Waals surface area contributed by atoms with Gasteiger partial charge in [-0.3, -0.25) is 4.79 Å². The first-order valence-corrected chi connectivity index (χ1v) is 5.42. The second-order valence-electron chi connectivity index (χ2n) is 4.14. The number of carbonyl (C=O) groups excluding carboxylic acids is 1. The highest BCUT2D eigenvalue weighted by molar-refractivity contribution is 5.75. The van der Waals surface area contributed by atoms with Gasteiger partial charge in [0.05, 0.1) is 18.6 Å². The fraction of sp³-hybridized carbons (Fsp3) is 0.417. The van der Waals surface area contributed by atoms with Crippen molar-refractivity contribution in [3.8, 4) is 0 Å². The van der Waals surface area contributed by atoms with Gasteiger partial charge in [0.25, 0.3) is 0 Å². The van der Waals surface area contributed by atoms with Crippen LogP contribution < -0.4 is 5.32 Å². The molecule has 0 spiro atoms. The Morgan fingerprint density at radius 2 is 2.17 bits per heavy atom. The third-order valence-electron chi connectivity index (χ3n) is 3.04. The molecule has 1 heterocycles. The zero-order valence-corrected chi connectivity index (χ0v) is 9.62. The Morgan fingerprint density at radius 3 is 2.67 bits per heavy atom. The monoisotopic (exact) mass is 259 g/mol. The third-order valence-corrected chi connectivity index (χ3v) is 3.04. The summed E-state index contributed by atoms with van der Waals surface area (Å²) in [6.07, 6.45) is -4.37. The van der Waals surface area contributed by atoms with Crippen LogP contribution in [-0.2, 0) is 15.7 Å². The molecule has 98 valence electrons. The van der Waals surface area contributed by atoms with Crippen molar-refractivity contribution in [1.29, 1.82) is 0 Å². The van der Waals surface area contributed by atoms with Crippen molar-refractivity contribution in [2.45, 2.75) is 12.2 Å². The minimum atomic E-state index is -4.37. The molecule has 0 bridgehead atoms. The Kier molecular flexibility index (Phi) is 3.30. The van der Waals surface area contributed by atoms with Crippen molar-refractivity contribution >= 4 is 5.97 Å². The molecule has 1 saturated heterocycles. The molecular formula is C12H12F3NO2. The van der Waals surface area contributed by atoms with Crippen LogP contribution in [0.4, 0.5) is 13.2 Å². The Morgan fingerprint density at radius 1 is 1.44 bits per heavy atom. The molecule has 3 nitrogen and oxygen atoms in total. The molecule has 1 aromatic rings. The van der Waals surface area contributed by atoms with Crippen LogP contribution in [0.1, 0.15) is 17.2 Å². The number of ether oxygens (including phenoxy) is 1. The molecule has 6 heteroatoms. The van der Waals surface area contributed by atoms with E-state index in [2.05, 4.69) is 10.1 Å². The summed E-state index contributed by atoms with van der Waals surface area (Å²) in [5, 5.41) is 2.94. The lowest BCUT2D eigenvalue weighted by atomic mass is 9.85. The predicted molar refractivity (Wildman–Crippen MR) is 57.7 cm³/mol. The topological polar surface area (TPSA) is 38.3 Å². The van der Waals surface area contributed by atoms with Crippen LogP contribution in [0.25, 0.3) is 0 Å². The Bertz CT molecular complexity index is 459. The summed E-state index contributed by atoms with van der Waals surface area (Å²) in [6.45, 7) is 0.424. The van der Waals surface area contributed by atoms with Gasteiger partial charge in [0, 0.05) is 12.6 Å². The zero-order valence-electron chi connectivity index (χ0n) is 9.62. The lowest BCUT2D eigenvalue weighted by Crippen LogP contribution is -2.50. The van der Waals surface area contributed by atoms with Gasteiger partial charge in [-0.2, -0.15) is 13.2 Å². The third kappa shape index (κ3) is 2.33. The summed E-state index contributed by atoms with van der Waals surface area (Å²) in [6, 6.07) is 4.58. The van der Waals surface area contributed by atoms with Gasteiger partial charge >= 0.3 is 12.1 Å². The molecule has 1 aliphatic heterocycles. The number of benzene rings is 1. The number of hydrogen-bond donors (Lipinski definition) is 1. The maximum Gasteiger partial charge on any atom is 0.416 e. The number of methoxy groups -OCH3 is 1. The first-order valence-electron chi connectivity index (χ1n) is 5.42. The minimum Gasteiger partial charge on any atom is -0.469 e. The highest BCUT2D eigenvalue weighted by atomic mass is 19.4. The largest absolute Gasteiger partial charge is 0.469 e. The number of alkyl halides is 3. The Hall–Kier alpha value is -1.56. The SMILES string of the molecule is COC(=O)C1CNC1c1cccc(C(F)(F)F)c1. The molecule has 1 aliphatic rings. The molecule has 2 unspecified atom stereocenters. The summed E-state index contributed by atoms with van der Waals surface area (Å²) < 4.78 is 42.3. The minimum absolute atomic E-state index is 0.403. The van der Waals surface area contributed by atoms with Gasteiger partial charge in [-0.05, 0) is 17.7 Å². The van der Waals surface area contributed by atoms with Gasteiger partial charge in [0.1, 0.15) is 0 Å². The summed E-state index contributed by atoms with van der Waals surface area (Å²) in [5.41, 5.74) is -0.260. The van der Waals surface area contributed by atoms with Crippen LogP contribution in [-0.4, -0.2) is 19.6 Å². The van der Waals surface area contributed by atoms with Crippen LogP contribution in [0.5, 0.6) is 0 Å². The lowest BCUT2D eigenvalue weighted by molar-refractivity contribution is -0.149. The standard InChI is InChI=1S/C12H12F3NO2/c1-18-11(17)9-6-16-10(9)7-3-2-4-8(5-7)12(13,14)15/h2-5,9-10,16H,6H2,1H3. The highest BCUT2D eigenvalue weighted by Gasteiger charge is 2.39. The number of carbonyl (C=O) groups is 1. The van der Waals surface area contributed by atoms with Crippen LogP contribution in [0.3, 0.4) is 0 Å². The van der Waals surface area contributed by atoms with Crippen molar-refractivity contribution in [2.24, 2.45) is 5.92 Å². The molecule has 18 heavy (non-hydrogen) atoms. The van der Waals surface area contributed by atoms with Crippen molar-refractivity contribution in [2.75, 3.05) is 13.7 Å². The molecule has 1 fully saturated rings. The van der Waals surface area contributed by atoms with Gasteiger partial charge in [-0.15, -0.1) is 0 Å². The lowest BCUT2D eigenvalue weighted by Gasteiger charge is -2.36. The Labute approximate surface area is 102 Å². The molecule has 0 aromatic heterocycles. The molecule has 0 aliphatic carbocycles. The predicted octanol–water partition coefficient (Wildman–Crippen LogP) is 2.14. The van der Waals surface area contributed by atoms with Gasteiger partial charge in [-0.1, -0.05) is 12.1 Å². The normalized spacial score (nSPS) is 23.3. The maximum atomic E-state index is 12.6. The number of halogens is 3. The molecular weight excluding hydrogens is 247 g/mol. The van der Waals surface area contributed by atoms with Gasteiger partial charge < -0.3 is 10.1 Å². The number of rotatable bonds is 2. The van der Waals surface area contributed by atoms with E-state index in [1.54, 1.807) is 6.07 Å². The number of hydrogen-bond acceptors (Lipinski definition) is 3. The van der Waals surface area contributed by atoms with Crippen molar-refractivity contribution in [1.82, 2.24) is 5.32 Å². The molecule has 0 saturated carbocycles. The molecule has 2 rings (SSSR count). The van der Waals surface area contributed by atoms with Crippen molar-refractivity contribution < 1.29 is 22.7 Å². The summed E-state index contributed by atoms with van der Waals surface area (Å²) in [5.74, 6) is -0.824. The van der Waals surface area contributed by atoms with Crippen LogP contribution >= 0.6 is 0 Å². The second-order valence-corrected chi connectivity index (χ2v) is 4.14. The Balaban J connectivity index is 2.22. The summed E-state index contributed by atoms with van der Waals surface area (Å²) in [7, 11) is 1.27. The fourth-order valence-electron chi connectivity index (χ4n) is 1.98. The van der Waals surface area contributed by atoms with E-state index in [-0.39, 0.29) is 0 Å². The van der Waals surface area contributed by atoms with E-state index in [0.717, 1.165) is 12.1 Å². The smallest absolute Gasteiger partial charge is 0.416 e. The average Bonchev–Trinajstić information content (AvgIpc) is 2.26. The van der Waals surface area contributed by atoms with Gasteiger partial charge in [-0.25, -0.2) is 0 Å². The van der Waals surface area contributed by atoms with Crippen LogP contribution in [0, 0.1) is 5.92 Å². The van der Waals surface area contributed by atoms with E-state index >= 15 is 0 Å². The highest BCUT2D eigenvalue weighted by Crippen LogP contribution is 2.34. The summed E-state index contributed by atoms with van der Waals surface area (Å²) in [4.78, 5) is 11.4. The first kappa shape index (κ1) is 12.9. The van der Waals surface area contributed by atoms with Gasteiger partial charge in [0.2, 0.25) is 0 Å². The van der Waals surface area contributed by atoms with Crippen molar-refractivity contribution in [3.05, 3.63) is 35.4 Å². The van der Waals surface area contributed by atoms with E-state index in [0.29, 0.717) is 12.1 Å². The van der Waals surface area contributed by atoms with E-state index in [1.165, 1.54) is 13.2 Å². The zero-order chi connectivity index (χ0) is 13.3.